The van der Waals surface area contributed by atoms with E-state index in [1.807, 2.05) is 95.3 Å². The number of anilines is 1. The molecule has 0 radical (unpaired) electrons. The van der Waals surface area contributed by atoms with E-state index in [9.17, 15) is 14.4 Å². The van der Waals surface area contributed by atoms with Gasteiger partial charge in [-0.15, -0.1) is 0 Å². The van der Waals surface area contributed by atoms with Gasteiger partial charge in [-0.05, 0) is 37.1 Å². The third-order valence-electron chi connectivity index (χ3n) is 8.40. The first-order valence-corrected chi connectivity index (χ1v) is 12.9. The van der Waals surface area contributed by atoms with Gasteiger partial charge in [-0.2, -0.15) is 0 Å². The summed E-state index contributed by atoms with van der Waals surface area (Å²) < 4.78 is 0. The Morgan fingerprint density at radius 1 is 0.838 bits per heavy atom. The van der Waals surface area contributed by atoms with Gasteiger partial charge in [-0.25, -0.2) is 0 Å². The van der Waals surface area contributed by atoms with Crippen LogP contribution in [0.1, 0.15) is 69.7 Å². The maximum atomic E-state index is 14.5. The summed E-state index contributed by atoms with van der Waals surface area (Å²) in [6.07, 6.45) is 4.01. The highest BCUT2D eigenvalue weighted by atomic mass is 16.2. The molecule has 3 aromatic carbocycles. The fourth-order valence-electron chi connectivity index (χ4n) is 6.69. The van der Waals surface area contributed by atoms with Crippen molar-refractivity contribution in [3.8, 4) is 0 Å². The Balaban J connectivity index is 1.70. The molecule has 3 aromatic rings. The Bertz CT molecular complexity index is 1470. The minimum atomic E-state index is -1.43. The topological polar surface area (TPSA) is 54.5 Å². The molecule has 6 rings (SSSR count). The SMILES string of the molecule is Cc1ccc([C@H]2[C@H](C(=O)C(C)(C)C)N3c4ccc(C)cc4C=C[C@H]3C23C(=O)c2ccccc2C3=O)cc1. The summed E-state index contributed by atoms with van der Waals surface area (Å²) in [4.78, 5) is 45.5. The second kappa shape index (κ2) is 7.85. The van der Waals surface area contributed by atoms with Gasteiger partial charge in [-0.1, -0.05) is 98.6 Å². The molecule has 0 N–H and O–H groups in total. The quantitative estimate of drug-likeness (QED) is 0.394. The molecule has 0 aromatic heterocycles. The van der Waals surface area contributed by atoms with Gasteiger partial charge in [-0.3, -0.25) is 14.4 Å². The van der Waals surface area contributed by atoms with Crippen LogP contribution in [0.2, 0.25) is 0 Å². The lowest BCUT2D eigenvalue weighted by molar-refractivity contribution is -0.127. The molecular formula is C33H31NO3. The molecule has 37 heavy (non-hydrogen) atoms. The second-order valence-corrected chi connectivity index (χ2v) is 11.8. The smallest absolute Gasteiger partial charge is 0.180 e. The normalized spacial score (nSPS) is 23.3. The van der Waals surface area contributed by atoms with E-state index >= 15 is 0 Å². The Hall–Kier alpha value is -3.79. The van der Waals surface area contributed by atoms with Crippen LogP contribution in [-0.2, 0) is 4.79 Å². The van der Waals surface area contributed by atoms with Crippen molar-refractivity contribution in [2.45, 2.75) is 52.6 Å². The summed E-state index contributed by atoms with van der Waals surface area (Å²) in [7, 11) is 0. The molecule has 0 amide bonds. The molecule has 3 atom stereocenters. The van der Waals surface area contributed by atoms with E-state index in [0.29, 0.717) is 11.1 Å². The molecule has 1 spiro atoms. The van der Waals surface area contributed by atoms with Crippen molar-refractivity contribution in [1.82, 2.24) is 0 Å². The highest BCUT2D eigenvalue weighted by Crippen LogP contribution is 2.61. The van der Waals surface area contributed by atoms with Crippen molar-refractivity contribution in [2.24, 2.45) is 10.8 Å². The van der Waals surface area contributed by atoms with Crippen LogP contribution in [-0.4, -0.2) is 29.4 Å². The van der Waals surface area contributed by atoms with Crippen molar-refractivity contribution in [3.05, 3.63) is 106 Å². The van der Waals surface area contributed by atoms with Gasteiger partial charge in [0.05, 0.1) is 12.1 Å². The molecule has 4 nitrogen and oxygen atoms in total. The zero-order chi connectivity index (χ0) is 26.3. The van der Waals surface area contributed by atoms with Crippen molar-refractivity contribution in [3.63, 3.8) is 0 Å². The van der Waals surface area contributed by atoms with Crippen LogP contribution in [0.4, 0.5) is 5.69 Å². The molecule has 3 aliphatic rings. The average molecular weight is 490 g/mol. The number of hydrogen-bond acceptors (Lipinski definition) is 4. The third-order valence-corrected chi connectivity index (χ3v) is 8.40. The number of fused-ring (bicyclic) bond motifs is 5. The van der Waals surface area contributed by atoms with Crippen LogP contribution in [0.25, 0.3) is 6.08 Å². The van der Waals surface area contributed by atoms with Gasteiger partial charge < -0.3 is 4.90 Å². The number of ketones is 3. The number of Topliss-reactive ketones (excluding diaryl/α,β-unsaturated/α-hetero) is 3. The molecule has 2 aliphatic heterocycles. The number of carbonyl (C=O) groups is 3. The maximum Gasteiger partial charge on any atom is 0.180 e. The Labute approximate surface area is 218 Å². The Kier molecular flexibility index (Phi) is 5.01. The van der Waals surface area contributed by atoms with Gasteiger partial charge in [0, 0.05) is 28.1 Å². The number of hydrogen-bond donors (Lipinski definition) is 0. The standard InChI is InChI=1S/C33H31NO3/c1-19-10-13-21(14-11-19)27-28(31(37)32(3,4)5)34-25-16-12-20(2)18-22(25)15-17-26(34)33(27)29(35)23-8-6-7-9-24(23)30(33)36/h6-18,26-28H,1-5H3/t26-,27-,28+/m0/s1. The second-order valence-electron chi connectivity index (χ2n) is 11.8. The first-order valence-electron chi connectivity index (χ1n) is 12.9. The van der Waals surface area contributed by atoms with Crippen LogP contribution >= 0.6 is 0 Å². The molecule has 0 saturated carbocycles. The first-order chi connectivity index (χ1) is 17.6. The summed E-state index contributed by atoms with van der Waals surface area (Å²) in [6.45, 7) is 9.82. The van der Waals surface area contributed by atoms with E-state index in [1.165, 1.54) is 0 Å². The highest BCUT2D eigenvalue weighted by Gasteiger charge is 2.71. The maximum absolute atomic E-state index is 14.5. The van der Waals surface area contributed by atoms with Crippen LogP contribution in [0.15, 0.2) is 72.8 Å². The predicted molar refractivity (Wildman–Crippen MR) is 146 cm³/mol. The number of nitrogens with zero attached hydrogens (tertiary/aromatic N) is 1. The molecule has 1 saturated heterocycles. The highest BCUT2D eigenvalue weighted by molar-refractivity contribution is 6.32. The monoisotopic (exact) mass is 489 g/mol. The lowest BCUT2D eigenvalue weighted by Crippen LogP contribution is -2.49. The van der Waals surface area contributed by atoms with E-state index < -0.39 is 28.8 Å². The molecule has 0 bridgehead atoms. The van der Waals surface area contributed by atoms with E-state index in [-0.39, 0.29) is 17.3 Å². The molecule has 1 aliphatic carbocycles. The number of aryl methyl sites for hydroxylation is 2. The molecule has 4 heteroatoms. The predicted octanol–water partition coefficient (Wildman–Crippen LogP) is 6.35. The van der Waals surface area contributed by atoms with Gasteiger partial charge in [0.2, 0.25) is 0 Å². The molecule has 186 valence electrons. The van der Waals surface area contributed by atoms with Crippen molar-refractivity contribution in [2.75, 3.05) is 4.90 Å². The summed E-state index contributed by atoms with van der Waals surface area (Å²) in [6, 6.07) is 20.0. The average Bonchev–Trinajstić information content (AvgIpc) is 3.29. The number of benzene rings is 3. The molecule has 0 unspecified atom stereocenters. The van der Waals surface area contributed by atoms with Crippen LogP contribution < -0.4 is 4.90 Å². The third kappa shape index (κ3) is 3.11. The zero-order valence-electron chi connectivity index (χ0n) is 21.9. The number of rotatable bonds is 2. The molecule has 1 fully saturated rings. The van der Waals surface area contributed by atoms with E-state index in [2.05, 4.69) is 11.0 Å². The number of carbonyl (C=O) groups excluding carboxylic acids is 3. The van der Waals surface area contributed by atoms with Gasteiger partial charge in [0.25, 0.3) is 0 Å². The molecular weight excluding hydrogens is 458 g/mol. The van der Waals surface area contributed by atoms with E-state index in [4.69, 9.17) is 0 Å². The fraction of sp³-hybridized carbons (Fsp3) is 0.303. The summed E-state index contributed by atoms with van der Waals surface area (Å²) in [5.41, 5.74) is 3.75. The summed E-state index contributed by atoms with van der Waals surface area (Å²) >= 11 is 0. The lowest BCUT2D eigenvalue weighted by atomic mass is 9.63. The lowest BCUT2D eigenvalue weighted by Gasteiger charge is -2.38. The van der Waals surface area contributed by atoms with Crippen molar-refractivity contribution >= 4 is 29.1 Å². The largest absolute Gasteiger partial charge is 0.352 e. The van der Waals surface area contributed by atoms with Crippen LogP contribution in [0, 0.1) is 24.7 Å². The minimum Gasteiger partial charge on any atom is -0.352 e. The first kappa shape index (κ1) is 23.6. The minimum absolute atomic E-state index is 0.0262. The fourth-order valence-corrected chi connectivity index (χ4v) is 6.69. The van der Waals surface area contributed by atoms with E-state index in [1.54, 1.807) is 12.1 Å². The van der Waals surface area contributed by atoms with Gasteiger partial charge in [0.15, 0.2) is 17.3 Å². The van der Waals surface area contributed by atoms with Gasteiger partial charge >= 0.3 is 0 Å². The van der Waals surface area contributed by atoms with Crippen LogP contribution in [0.5, 0.6) is 0 Å². The van der Waals surface area contributed by atoms with Crippen LogP contribution in [0.3, 0.4) is 0 Å². The zero-order valence-corrected chi connectivity index (χ0v) is 21.9. The summed E-state index contributed by atoms with van der Waals surface area (Å²) in [5.74, 6) is -0.969. The van der Waals surface area contributed by atoms with Gasteiger partial charge in [0.1, 0.15) is 5.41 Å². The Morgan fingerprint density at radius 3 is 2.03 bits per heavy atom. The van der Waals surface area contributed by atoms with Crippen molar-refractivity contribution in [1.29, 1.82) is 0 Å². The Morgan fingerprint density at radius 2 is 1.43 bits per heavy atom. The van der Waals surface area contributed by atoms with Crippen molar-refractivity contribution < 1.29 is 14.4 Å². The summed E-state index contributed by atoms with van der Waals surface area (Å²) in [5, 5.41) is 0. The van der Waals surface area contributed by atoms with E-state index in [0.717, 1.165) is 27.9 Å². The molecule has 2 heterocycles.